The van der Waals surface area contributed by atoms with E-state index in [0.717, 1.165) is 21.7 Å². The largest absolute Gasteiger partial charge is 0.482 e. The highest BCUT2D eigenvalue weighted by Crippen LogP contribution is 2.26. The number of halogens is 2. The number of pyridine rings is 1. The van der Waals surface area contributed by atoms with E-state index in [-0.39, 0.29) is 6.10 Å². The maximum Gasteiger partial charge on any atom is 0.166 e. The first-order valence-corrected chi connectivity index (χ1v) is 6.89. The summed E-state index contributed by atoms with van der Waals surface area (Å²) in [4.78, 5) is 4.00. The Morgan fingerprint density at radius 2 is 2.20 bits per heavy atom. The van der Waals surface area contributed by atoms with Crippen LogP contribution >= 0.6 is 15.9 Å². The van der Waals surface area contributed by atoms with Crippen molar-refractivity contribution in [2.45, 2.75) is 26.9 Å². The molecule has 0 radical (unpaired) electrons. The van der Waals surface area contributed by atoms with Crippen LogP contribution in [0.25, 0.3) is 0 Å². The van der Waals surface area contributed by atoms with Gasteiger partial charge in [-0.3, -0.25) is 0 Å². The molecule has 0 aromatic carbocycles. The quantitative estimate of drug-likeness (QED) is 0.798. The van der Waals surface area contributed by atoms with Crippen LogP contribution in [0.15, 0.2) is 52.4 Å². The predicted molar refractivity (Wildman–Crippen MR) is 84.2 cm³/mol. The zero-order valence-electron chi connectivity index (χ0n) is 11.8. The average molecular weight is 341 g/mol. The molecule has 3 nitrogen and oxygen atoms in total. The van der Waals surface area contributed by atoms with E-state index < -0.39 is 5.83 Å². The van der Waals surface area contributed by atoms with Crippen LogP contribution in [-0.4, -0.2) is 11.1 Å². The SMILES string of the molecule is C=C/C(F)=C\C(=C(C)C)C(C)Oc1cc(Br)cnc1N. The number of hydrogen-bond donors (Lipinski definition) is 1. The van der Waals surface area contributed by atoms with Gasteiger partial charge in [-0.05, 0) is 60.5 Å². The van der Waals surface area contributed by atoms with Gasteiger partial charge in [0.2, 0.25) is 0 Å². The van der Waals surface area contributed by atoms with E-state index in [1.807, 2.05) is 20.8 Å². The second kappa shape index (κ2) is 7.24. The molecule has 0 aliphatic heterocycles. The second-order valence-electron chi connectivity index (χ2n) is 4.49. The molecule has 2 N–H and O–H groups in total. The minimum atomic E-state index is -0.406. The van der Waals surface area contributed by atoms with E-state index in [0.29, 0.717) is 11.6 Å². The van der Waals surface area contributed by atoms with Gasteiger partial charge in [0.15, 0.2) is 11.6 Å². The first-order chi connectivity index (χ1) is 9.35. The normalized spacial score (nSPS) is 12.8. The number of ether oxygens (including phenoxy) is 1. The highest BCUT2D eigenvalue weighted by Gasteiger charge is 2.13. The van der Waals surface area contributed by atoms with Gasteiger partial charge < -0.3 is 10.5 Å². The molecule has 1 atom stereocenters. The van der Waals surface area contributed by atoms with Crippen molar-refractivity contribution in [2.75, 3.05) is 5.73 Å². The first-order valence-electron chi connectivity index (χ1n) is 6.09. The third-order valence-electron chi connectivity index (χ3n) is 2.66. The molecule has 1 heterocycles. The van der Waals surface area contributed by atoms with Crippen LogP contribution in [0.2, 0.25) is 0 Å². The van der Waals surface area contributed by atoms with E-state index >= 15 is 0 Å². The third-order valence-corrected chi connectivity index (χ3v) is 3.09. The summed E-state index contributed by atoms with van der Waals surface area (Å²) in [6.07, 6.45) is 3.80. The molecule has 0 spiro atoms. The maximum absolute atomic E-state index is 13.4. The first kappa shape index (κ1) is 16.4. The van der Waals surface area contributed by atoms with Crippen molar-refractivity contribution in [3.8, 4) is 5.75 Å². The Bertz CT molecular complexity index is 563. The van der Waals surface area contributed by atoms with Crippen molar-refractivity contribution >= 4 is 21.7 Å². The molecule has 20 heavy (non-hydrogen) atoms. The molecule has 108 valence electrons. The Kier molecular flexibility index (Phi) is 5.95. The van der Waals surface area contributed by atoms with Gasteiger partial charge in [0.25, 0.3) is 0 Å². The molecule has 1 unspecified atom stereocenters. The van der Waals surface area contributed by atoms with Crippen molar-refractivity contribution in [3.05, 3.63) is 52.4 Å². The Labute approximate surface area is 127 Å². The fourth-order valence-electron chi connectivity index (χ4n) is 1.66. The van der Waals surface area contributed by atoms with E-state index in [1.54, 1.807) is 12.3 Å². The Balaban J connectivity index is 3.04. The minimum absolute atomic E-state index is 0.293. The van der Waals surface area contributed by atoms with Crippen LogP contribution < -0.4 is 10.5 Å². The summed E-state index contributed by atoms with van der Waals surface area (Å²) in [5.74, 6) is 0.344. The molecule has 0 saturated heterocycles. The second-order valence-corrected chi connectivity index (χ2v) is 5.40. The van der Waals surface area contributed by atoms with E-state index in [1.165, 1.54) is 6.08 Å². The number of hydrogen-bond acceptors (Lipinski definition) is 3. The van der Waals surface area contributed by atoms with Gasteiger partial charge >= 0.3 is 0 Å². The van der Waals surface area contributed by atoms with Crippen LogP contribution in [0.4, 0.5) is 10.2 Å². The van der Waals surface area contributed by atoms with Crippen LogP contribution in [0.5, 0.6) is 5.75 Å². The van der Waals surface area contributed by atoms with Crippen molar-refractivity contribution < 1.29 is 9.13 Å². The van der Waals surface area contributed by atoms with Crippen LogP contribution in [0, 0.1) is 0 Å². The summed E-state index contributed by atoms with van der Waals surface area (Å²) in [5, 5.41) is 0. The highest BCUT2D eigenvalue weighted by atomic mass is 79.9. The van der Waals surface area contributed by atoms with Crippen molar-refractivity contribution in [1.29, 1.82) is 0 Å². The summed E-state index contributed by atoms with van der Waals surface area (Å²) in [6, 6.07) is 1.73. The number of nitrogen functional groups attached to an aromatic ring is 1. The summed E-state index contributed by atoms with van der Waals surface area (Å²) >= 11 is 3.31. The molecule has 1 aromatic heterocycles. The molecule has 0 saturated carbocycles. The number of nitrogens with two attached hydrogens (primary N) is 1. The van der Waals surface area contributed by atoms with Gasteiger partial charge in [-0.15, -0.1) is 0 Å². The van der Waals surface area contributed by atoms with Gasteiger partial charge in [0, 0.05) is 10.7 Å². The molecular weight excluding hydrogens is 323 g/mol. The standard InChI is InChI=1S/C15H18BrFN2O/c1-5-12(17)7-13(9(2)3)10(4)20-14-6-11(16)8-19-15(14)18/h5-8,10H,1H2,2-4H3,(H2,18,19)/b12-7+. The van der Waals surface area contributed by atoms with Gasteiger partial charge in [-0.1, -0.05) is 12.2 Å². The lowest BCUT2D eigenvalue weighted by Crippen LogP contribution is -2.16. The van der Waals surface area contributed by atoms with Gasteiger partial charge in [0.05, 0.1) is 0 Å². The van der Waals surface area contributed by atoms with Crippen LogP contribution in [0.3, 0.4) is 0 Å². The zero-order chi connectivity index (χ0) is 15.3. The fraction of sp³-hybridized carbons (Fsp3) is 0.267. The highest BCUT2D eigenvalue weighted by molar-refractivity contribution is 9.10. The summed E-state index contributed by atoms with van der Waals surface area (Å²) < 4.78 is 19.9. The fourth-order valence-corrected chi connectivity index (χ4v) is 1.97. The maximum atomic E-state index is 13.4. The molecule has 1 aromatic rings. The van der Waals surface area contributed by atoms with Crippen LogP contribution in [0.1, 0.15) is 20.8 Å². The molecule has 0 aliphatic carbocycles. The Hall–Kier alpha value is -1.62. The molecule has 5 heteroatoms. The molecule has 0 amide bonds. The number of nitrogens with zero attached hydrogens (tertiary/aromatic N) is 1. The molecule has 0 aliphatic rings. The van der Waals surface area contributed by atoms with Crippen molar-refractivity contribution in [2.24, 2.45) is 0 Å². The van der Waals surface area contributed by atoms with Gasteiger partial charge in [-0.2, -0.15) is 0 Å². The topological polar surface area (TPSA) is 48.1 Å². The lowest BCUT2D eigenvalue weighted by molar-refractivity contribution is 0.260. The lowest BCUT2D eigenvalue weighted by atomic mass is 10.0. The summed E-state index contributed by atoms with van der Waals surface area (Å²) in [5.41, 5.74) is 7.46. The van der Waals surface area contributed by atoms with E-state index in [9.17, 15) is 4.39 Å². The van der Waals surface area contributed by atoms with Crippen molar-refractivity contribution in [1.82, 2.24) is 4.98 Å². The summed E-state index contributed by atoms with van der Waals surface area (Å²) in [7, 11) is 0. The Morgan fingerprint density at radius 3 is 2.75 bits per heavy atom. The van der Waals surface area contributed by atoms with Crippen molar-refractivity contribution in [3.63, 3.8) is 0 Å². The Morgan fingerprint density at radius 1 is 1.55 bits per heavy atom. The molecular formula is C15H18BrFN2O. The van der Waals surface area contributed by atoms with Gasteiger partial charge in [0.1, 0.15) is 11.9 Å². The number of anilines is 1. The number of allylic oxidation sites excluding steroid dienone is 3. The predicted octanol–water partition coefficient (Wildman–Crippen LogP) is 4.57. The van der Waals surface area contributed by atoms with E-state index in [2.05, 4.69) is 27.5 Å². The summed E-state index contributed by atoms with van der Waals surface area (Å²) in [6.45, 7) is 9.01. The smallest absolute Gasteiger partial charge is 0.166 e. The van der Waals surface area contributed by atoms with Crippen LogP contribution in [-0.2, 0) is 0 Å². The minimum Gasteiger partial charge on any atom is -0.482 e. The van der Waals surface area contributed by atoms with E-state index in [4.69, 9.17) is 10.5 Å². The lowest BCUT2D eigenvalue weighted by Gasteiger charge is -2.18. The molecule has 1 rings (SSSR count). The molecule has 0 bridgehead atoms. The monoisotopic (exact) mass is 340 g/mol. The number of aromatic nitrogens is 1. The molecule has 0 fully saturated rings. The zero-order valence-corrected chi connectivity index (χ0v) is 13.4. The third kappa shape index (κ3) is 4.49. The average Bonchev–Trinajstić information content (AvgIpc) is 2.39. The van der Waals surface area contributed by atoms with Gasteiger partial charge in [-0.25, -0.2) is 9.37 Å². The number of rotatable bonds is 5.